The average molecular weight is 499 g/mol. The first-order valence-corrected chi connectivity index (χ1v) is 12.6. The minimum absolute atomic E-state index is 0.243. The van der Waals surface area contributed by atoms with Crippen molar-refractivity contribution in [1.82, 2.24) is 38.5 Å². The Kier molecular flexibility index (Phi) is 4.90. The van der Waals surface area contributed by atoms with Gasteiger partial charge in [0.1, 0.15) is 0 Å². The molecule has 7 rings (SSSR count). The fraction of sp³-hybridized carbons (Fsp3) is 0.120. The summed E-state index contributed by atoms with van der Waals surface area (Å²) < 4.78 is 30.7. The van der Waals surface area contributed by atoms with Crippen molar-refractivity contribution in [2.45, 2.75) is 11.8 Å². The van der Waals surface area contributed by atoms with Crippen LogP contribution in [0.4, 0.5) is 0 Å². The lowest BCUT2D eigenvalue weighted by molar-refractivity contribution is 0.588. The highest BCUT2D eigenvalue weighted by atomic mass is 32.2. The van der Waals surface area contributed by atoms with Crippen molar-refractivity contribution in [2.75, 3.05) is 0 Å². The summed E-state index contributed by atoms with van der Waals surface area (Å²) in [6.45, 7) is 1.92. The van der Waals surface area contributed by atoms with E-state index < -0.39 is 10.0 Å². The van der Waals surface area contributed by atoms with Gasteiger partial charge in [-0.05, 0) is 31.2 Å². The standard InChI is InChI=1S/C16H14N4O2S.C9H8N4/c1-11-3-5-13(6-4-11)23(21,22)20-8-7-14-15-12(9-17-16(14)20)10-18-19(15)2;1-13-8-6(5-12-13)4-11-9-7(8)2-3-10-9/h3-10H,1-2H3;2-5,12H,1H3. The van der Waals surface area contributed by atoms with Crippen molar-refractivity contribution in [3.63, 3.8) is 0 Å². The van der Waals surface area contributed by atoms with E-state index in [0.717, 1.165) is 43.8 Å². The maximum atomic E-state index is 12.9. The Morgan fingerprint density at radius 1 is 0.833 bits per heavy atom. The monoisotopic (exact) mass is 498 g/mol. The first-order chi connectivity index (χ1) is 17.3. The normalized spacial score (nSPS) is 12.0. The molecule has 0 aliphatic rings. The number of pyridine rings is 2. The molecule has 10 nitrogen and oxygen atoms in total. The maximum Gasteiger partial charge on any atom is 0.269 e. The molecule has 0 bridgehead atoms. The van der Waals surface area contributed by atoms with E-state index in [9.17, 15) is 8.42 Å². The van der Waals surface area contributed by atoms with E-state index in [-0.39, 0.29) is 4.90 Å². The number of H-pyrrole nitrogens is 1. The third-order valence-electron chi connectivity index (χ3n) is 6.23. The largest absolute Gasteiger partial charge is 0.305 e. The Hall–Kier alpha value is -4.51. The molecule has 36 heavy (non-hydrogen) atoms. The fourth-order valence-electron chi connectivity index (χ4n) is 4.42. The summed E-state index contributed by atoms with van der Waals surface area (Å²) in [4.78, 5) is 13.0. The van der Waals surface area contributed by atoms with Gasteiger partial charge in [0.25, 0.3) is 10.0 Å². The molecule has 0 saturated heterocycles. The van der Waals surface area contributed by atoms with Gasteiger partial charge in [-0.2, -0.15) is 5.10 Å². The molecule has 0 amide bonds. The molecule has 180 valence electrons. The zero-order valence-electron chi connectivity index (χ0n) is 19.8. The van der Waals surface area contributed by atoms with E-state index in [4.69, 9.17) is 0 Å². The van der Waals surface area contributed by atoms with Crippen molar-refractivity contribution >= 4 is 53.9 Å². The Bertz CT molecular complexity index is 1990. The zero-order valence-corrected chi connectivity index (χ0v) is 20.6. The molecule has 11 heteroatoms. The molecule has 0 saturated carbocycles. The molecule has 7 aromatic rings. The molecule has 6 aromatic heterocycles. The molecule has 0 aliphatic carbocycles. The van der Waals surface area contributed by atoms with Gasteiger partial charge in [-0.25, -0.2) is 27.3 Å². The SMILES string of the molecule is Cc1ccc(S(=O)(=O)n2ccc3c2ncc2cnn(C)c23)cc1.Cn1[nH]cc2cnc3nccc3c21. The van der Waals surface area contributed by atoms with Gasteiger partial charge in [0.2, 0.25) is 0 Å². The zero-order chi connectivity index (χ0) is 25.0. The topological polar surface area (TPSA) is 116 Å². The van der Waals surface area contributed by atoms with Gasteiger partial charge in [-0.3, -0.25) is 9.36 Å². The van der Waals surface area contributed by atoms with Gasteiger partial charge in [0.05, 0.1) is 22.1 Å². The van der Waals surface area contributed by atoms with E-state index in [1.165, 1.54) is 3.97 Å². The van der Waals surface area contributed by atoms with Crippen LogP contribution < -0.4 is 0 Å². The van der Waals surface area contributed by atoms with Gasteiger partial charge in [0.15, 0.2) is 11.3 Å². The lowest BCUT2D eigenvalue weighted by atomic mass is 10.2. The summed E-state index contributed by atoms with van der Waals surface area (Å²) in [6, 6.07) is 10.5. The lowest BCUT2D eigenvalue weighted by Crippen LogP contribution is -2.12. The third kappa shape index (κ3) is 3.35. The van der Waals surface area contributed by atoms with Crippen LogP contribution in [0.15, 0.2) is 78.5 Å². The Morgan fingerprint density at radius 2 is 1.61 bits per heavy atom. The van der Waals surface area contributed by atoms with E-state index in [1.54, 1.807) is 59.8 Å². The van der Waals surface area contributed by atoms with E-state index in [1.807, 2.05) is 44.2 Å². The fourth-order valence-corrected chi connectivity index (χ4v) is 5.72. The van der Waals surface area contributed by atoms with Crippen LogP contribution in [0.2, 0.25) is 0 Å². The van der Waals surface area contributed by atoms with Crippen LogP contribution in [0, 0.1) is 6.92 Å². The molecular weight excluding hydrogens is 476 g/mol. The average Bonchev–Trinajstić information content (AvgIpc) is 3.65. The number of fused-ring (bicyclic) bond motifs is 6. The number of nitrogens with one attached hydrogen (secondary N) is 1. The number of hydrogen-bond acceptors (Lipinski definition) is 6. The highest BCUT2D eigenvalue weighted by Gasteiger charge is 2.21. The van der Waals surface area contributed by atoms with Crippen LogP contribution in [0.25, 0.3) is 43.9 Å². The molecule has 0 aliphatic heterocycles. The lowest BCUT2D eigenvalue weighted by Gasteiger charge is -2.07. The van der Waals surface area contributed by atoms with Crippen LogP contribution in [0.3, 0.4) is 0 Å². The number of nitrogens with zero attached hydrogens (tertiary/aromatic N) is 7. The Balaban J connectivity index is 0.000000155. The molecule has 1 aromatic carbocycles. The first kappa shape index (κ1) is 22.0. The second kappa shape index (κ2) is 8.02. The molecule has 0 spiro atoms. The number of benzene rings is 1. The van der Waals surface area contributed by atoms with Crippen LogP contribution >= 0.6 is 0 Å². The second-order valence-corrected chi connectivity index (χ2v) is 10.4. The van der Waals surface area contributed by atoms with Gasteiger partial charge in [0, 0.05) is 66.6 Å². The highest BCUT2D eigenvalue weighted by Crippen LogP contribution is 2.27. The number of rotatable bonds is 2. The second-order valence-electron chi connectivity index (χ2n) is 8.57. The van der Waals surface area contributed by atoms with Gasteiger partial charge in [-0.15, -0.1) is 0 Å². The molecule has 0 radical (unpaired) electrons. The van der Waals surface area contributed by atoms with Gasteiger partial charge in [-0.1, -0.05) is 17.7 Å². The highest BCUT2D eigenvalue weighted by molar-refractivity contribution is 7.90. The predicted octanol–water partition coefficient (Wildman–Crippen LogP) is 3.92. The molecule has 6 heterocycles. The summed E-state index contributed by atoms with van der Waals surface area (Å²) in [5.41, 5.74) is 4.25. The van der Waals surface area contributed by atoms with Gasteiger partial charge < -0.3 is 5.10 Å². The number of aryl methyl sites for hydroxylation is 3. The van der Waals surface area contributed by atoms with E-state index in [0.29, 0.717) is 5.65 Å². The predicted molar refractivity (Wildman–Crippen MR) is 138 cm³/mol. The minimum Gasteiger partial charge on any atom is -0.305 e. The van der Waals surface area contributed by atoms with Crippen LogP contribution in [-0.4, -0.2) is 46.9 Å². The summed E-state index contributed by atoms with van der Waals surface area (Å²) >= 11 is 0. The van der Waals surface area contributed by atoms with Crippen LogP contribution in [0.1, 0.15) is 5.56 Å². The smallest absolute Gasteiger partial charge is 0.269 e. The molecule has 0 fully saturated rings. The number of aromatic nitrogens is 8. The molecular formula is C25H22N8O2S. The van der Waals surface area contributed by atoms with Crippen molar-refractivity contribution in [3.05, 3.63) is 79.1 Å². The Labute approximate surface area is 205 Å². The summed E-state index contributed by atoms with van der Waals surface area (Å²) in [7, 11) is 0.129. The summed E-state index contributed by atoms with van der Waals surface area (Å²) in [6.07, 6.45) is 10.5. The first-order valence-electron chi connectivity index (χ1n) is 11.2. The molecule has 1 N–H and O–H groups in total. The van der Waals surface area contributed by atoms with Crippen molar-refractivity contribution in [1.29, 1.82) is 0 Å². The Morgan fingerprint density at radius 3 is 2.42 bits per heavy atom. The van der Waals surface area contributed by atoms with E-state index >= 15 is 0 Å². The number of aromatic amines is 1. The molecule has 0 unspecified atom stereocenters. The number of hydrogen-bond donors (Lipinski definition) is 1. The maximum absolute atomic E-state index is 12.9. The van der Waals surface area contributed by atoms with E-state index in [2.05, 4.69) is 25.1 Å². The third-order valence-corrected chi connectivity index (χ3v) is 7.92. The van der Waals surface area contributed by atoms with Crippen LogP contribution in [0.5, 0.6) is 0 Å². The van der Waals surface area contributed by atoms with Crippen molar-refractivity contribution < 1.29 is 8.42 Å². The summed E-state index contributed by atoms with van der Waals surface area (Å²) in [5.74, 6) is 0. The molecule has 0 atom stereocenters. The van der Waals surface area contributed by atoms with Crippen molar-refractivity contribution in [3.8, 4) is 0 Å². The van der Waals surface area contributed by atoms with Crippen LogP contribution in [-0.2, 0) is 24.1 Å². The minimum atomic E-state index is -3.68. The van der Waals surface area contributed by atoms with Gasteiger partial charge >= 0.3 is 0 Å². The summed E-state index contributed by atoms with van der Waals surface area (Å²) in [5, 5.41) is 11.2. The quantitative estimate of drug-likeness (QED) is 0.386. The van der Waals surface area contributed by atoms with Crippen molar-refractivity contribution in [2.24, 2.45) is 14.1 Å².